The van der Waals surface area contributed by atoms with Gasteiger partial charge in [0.05, 0.1) is 13.2 Å². The maximum Gasteiger partial charge on any atom is 0.186 e. The van der Waals surface area contributed by atoms with Gasteiger partial charge in [-0.2, -0.15) is 0 Å². The van der Waals surface area contributed by atoms with Crippen molar-refractivity contribution in [3.8, 4) is 0 Å². The normalized spacial score (nSPS) is 39.9. The number of hydrogen-bond acceptors (Lipinski definition) is 7. The lowest BCUT2D eigenvalue weighted by Crippen LogP contribution is -2.59. The van der Waals surface area contributed by atoms with Crippen LogP contribution in [0.2, 0.25) is 0 Å². The van der Waals surface area contributed by atoms with Gasteiger partial charge in [-0.15, -0.1) is 0 Å². The molecule has 1 aliphatic heterocycles. The summed E-state index contributed by atoms with van der Waals surface area (Å²) in [6.45, 7) is 0.262. The van der Waals surface area contributed by atoms with Gasteiger partial charge in [-0.3, -0.25) is 0 Å². The Bertz CT molecular complexity index is 202. The number of nitrogens with two attached hydrogens (primary N) is 1. The lowest BCUT2D eigenvalue weighted by Gasteiger charge is -2.39. The summed E-state index contributed by atoms with van der Waals surface area (Å²) in [5, 5.41) is 37.4. The summed E-state index contributed by atoms with van der Waals surface area (Å²) >= 11 is 0. The molecule has 7 nitrogen and oxygen atoms in total. The van der Waals surface area contributed by atoms with E-state index >= 15 is 0 Å². The minimum Gasteiger partial charge on any atom is -0.394 e. The third-order valence-electron chi connectivity index (χ3n) is 2.48. The predicted octanol–water partition coefficient (Wildman–Crippen LogP) is -2.85. The van der Waals surface area contributed by atoms with Crippen LogP contribution in [0.4, 0.5) is 0 Å². The van der Waals surface area contributed by atoms with Gasteiger partial charge in [-0.05, 0) is 13.0 Å². The van der Waals surface area contributed by atoms with Crippen LogP contribution in [0.15, 0.2) is 0 Å². The fourth-order valence-corrected chi connectivity index (χ4v) is 1.49. The summed E-state index contributed by atoms with van der Waals surface area (Å²) in [6.07, 6.45) is -5.48. The minimum atomic E-state index is -1.39. The molecule has 0 spiro atoms. The molecule has 96 valence electrons. The molecule has 0 radical (unpaired) electrons. The molecule has 0 unspecified atom stereocenters. The average molecular weight is 237 g/mol. The van der Waals surface area contributed by atoms with Crippen LogP contribution in [0.25, 0.3) is 0 Å². The Kier molecular flexibility index (Phi) is 5.56. The van der Waals surface area contributed by atoms with Crippen LogP contribution < -0.4 is 5.73 Å². The van der Waals surface area contributed by atoms with Crippen molar-refractivity contribution >= 4 is 0 Å². The highest BCUT2D eigenvalue weighted by Gasteiger charge is 2.43. The number of aliphatic hydroxyl groups excluding tert-OH is 4. The zero-order chi connectivity index (χ0) is 12.1. The number of hydrogen-bond donors (Lipinski definition) is 5. The van der Waals surface area contributed by atoms with Crippen LogP contribution in [0.5, 0.6) is 0 Å². The van der Waals surface area contributed by atoms with Crippen molar-refractivity contribution in [2.45, 2.75) is 37.1 Å². The zero-order valence-corrected chi connectivity index (χ0v) is 8.90. The summed E-state index contributed by atoms with van der Waals surface area (Å²) in [4.78, 5) is 0. The molecule has 1 fully saturated rings. The van der Waals surface area contributed by atoms with E-state index in [4.69, 9.17) is 20.3 Å². The van der Waals surface area contributed by atoms with Crippen molar-refractivity contribution in [2.75, 3.05) is 19.8 Å². The van der Waals surface area contributed by atoms with E-state index in [2.05, 4.69) is 0 Å². The van der Waals surface area contributed by atoms with E-state index in [1.165, 1.54) is 0 Å². The highest BCUT2D eigenvalue weighted by atomic mass is 16.7. The van der Waals surface area contributed by atoms with E-state index < -0.39 is 37.3 Å². The zero-order valence-electron chi connectivity index (χ0n) is 8.90. The van der Waals surface area contributed by atoms with Gasteiger partial charge in [0.2, 0.25) is 0 Å². The molecule has 6 N–H and O–H groups in total. The molecule has 0 aliphatic carbocycles. The summed E-state index contributed by atoms with van der Waals surface area (Å²) < 4.78 is 10.3. The van der Waals surface area contributed by atoms with Gasteiger partial charge in [0, 0.05) is 0 Å². The van der Waals surface area contributed by atoms with Crippen LogP contribution in [-0.2, 0) is 9.47 Å². The van der Waals surface area contributed by atoms with Crippen molar-refractivity contribution in [1.82, 2.24) is 0 Å². The molecule has 0 saturated carbocycles. The van der Waals surface area contributed by atoms with Gasteiger partial charge < -0.3 is 35.6 Å². The Morgan fingerprint density at radius 1 is 1.12 bits per heavy atom. The molecule has 16 heavy (non-hydrogen) atoms. The fourth-order valence-electron chi connectivity index (χ4n) is 1.49. The van der Waals surface area contributed by atoms with Gasteiger partial charge in [0.25, 0.3) is 0 Å². The van der Waals surface area contributed by atoms with Crippen molar-refractivity contribution < 1.29 is 29.9 Å². The SMILES string of the molecule is NCCCO[C@H]1O[C@H](CO)[C@@H](O)[C@H](O)[C@@H]1O. The molecule has 5 atom stereocenters. The third-order valence-corrected chi connectivity index (χ3v) is 2.48. The van der Waals surface area contributed by atoms with Crippen LogP contribution in [0.3, 0.4) is 0 Å². The topological polar surface area (TPSA) is 125 Å². The Balaban J connectivity index is 2.50. The quantitative estimate of drug-likeness (QED) is 0.326. The Hall–Kier alpha value is -0.280. The first-order valence-corrected chi connectivity index (χ1v) is 5.24. The predicted molar refractivity (Wildman–Crippen MR) is 53.4 cm³/mol. The van der Waals surface area contributed by atoms with Crippen LogP contribution in [-0.4, -0.2) is 70.9 Å². The highest BCUT2D eigenvalue weighted by molar-refractivity contribution is 4.88. The molecule has 1 aliphatic rings. The highest BCUT2D eigenvalue weighted by Crippen LogP contribution is 2.21. The fraction of sp³-hybridized carbons (Fsp3) is 1.00. The molecule has 0 bridgehead atoms. The summed E-state index contributed by atoms with van der Waals surface area (Å²) in [5.74, 6) is 0. The second kappa shape index (κ2) is 6.45. The first-order chi connectivity index (χ1) is 7.61. The van der Waals surface area contributed by atoms with E-state index in [1.54, 1.807) is 0 Å². The van der Waals surface area contributed by atoms with E-state index in [0.29, 0.717) is 13.0 Å². The third kappa shape index (κ3) is 3.11. The van der Waals surface area contributed by atoms with Crippen molar-refractivity contribution in [1.29, 1.82) is 0 Å². The molecular weight excluding hydrogens is 218 g/mol. The molecule has 0 aromatic heterocycles. The molecule has 1 saturated heterocycles. The first-order valence-electron chi connectivity index (χ1n) is 5.24. The van der Waals surface area contributed by atoms with Crippen LogP contribution in [0.1, 0.15) is 6.42 Å². The van der Waals surface area contributed by atoms with Crippen LogP contribution in [0, 0.1) is 0 Å². The molecule has 7 heteroatoms. The van der Waals surface area contributed by atoms with Crippen molar-refractivity contribution in [3.05, 3.63) is 0 Å². The smallest absolute Gasteiger partial charge is 0.186 e. The van der Waals surface area contributed by atoms with E-state index in [-0.39, 0.29) is 6.61 Å². The molecule has 0 aromatic carbocycles. The minimum absolute atomic E-state index is 0.277. The molecule has 0 aromatic rings. The maximum atomic E-state index is 9.55. The largest absolute Gasteiger partial charge is 0.394 e. The van der Waals surface area contributed by atoms with Gasteiger partial charge in [0.1, 0.15) is 24.4 Å². The second-order valence-corrected chi connectivity index (χ2v) is 3.71. The Labute approximate surface area is 93.4 Å². The van der Waals surface area contributed by atoms with Gasteiger partial charge in [-0.25, -0.2) is 0 Å². The Morgan fingerprint density at radius 2 is 1.81 bits per heavy atom. The second-order valence-electron chi connectivity index (χ2n) is 3.71. The van der Waals surface area contributed by atoms with Crippen molar-refractivity contribution in [2.24, 2.45) is 5.73 Å². The summed E-state index contributed by atoms with van der Waals surface area (Å²) in [6, 6.07) is 0. The van der Waals surface area contributed by atoms with Crippen LogP contribution >= 0.6 is 0 Å². The number of aliphatic hydroxyl groups is 4. The molecule has 0 amide bonds. The number of rotatable bonds is 5. The molecule has 1 rings (SSSR count). The van der Waals surface area contributed by atoms with Gasteiger partial charge in [-0.1, -0.05) is 0 Å². The van der Waals surface area contributed by atoms with E-state index in [1.807, 2.05) is 0 Å². The summed E-state index contributed by atoms with van der Waals surface area (Å²) in [5.41, 5.74) is 5.27. The van der Waals surface area contributed by atoms with E-state index in [9.17, 15) is 15.3 Å². The van der Waals surface area contributed by atoms with Crippen molar-refractivity contribution in [3.63, 3.8) is 0 Å². The molecule has 1 heterocycles. The summed E-state index contributed by atoms with van der Waals surface area (Å²) in [7, 11) is 0. The average Bonchev–Trinajstić information content (AvgIpc) is 2.29. The molecular formula is C9H19NO6. The monoisotopic (exact) mass is 237 g/mol. The Morgan fingerprint density at radius 3 is 2.38 bits per heavy atom. The lowest BCUT2D eigenvalue weighted by molar-refractivity contribution is -0.301. The standard InChI is InChI=1S/C9H19NO6/c10-2-1-3-15-9-8(14)7(13)6(12)5(4-11)16-9/h5-9,11-14H,1-4,10H2/t5-,6-,7+,8+,9+/m1/s1. The first kappa shape index (κ1) is 13.8. The van der Waals surface area contributed by atoms with Gasteiger partial charge >= 0.3 is 0 Å². The number of ether oxygens (including phenoxy) is 2. The van der Waals surface area contributed by atoms with Gasteiger partial charge in [0.15, 0.2) is 6.29 Å². The van der Waals surface area contributed by atoms with E-state index in [0.717, 1.165) is 0 Å². The lowest BCUT2D eigenvalue weighted by atomic mass is 9.99. The maximum absolute atomic E-state index is 9.55.